The van der Waals surface area contributed by atoms with Crippen LogP contribution in [-0.4, -0.2) is 34.6 Å². The van der Waals surface area contributed by atoms with Crippen molar-refractivity contribution in [3.05, 3.63) is 48.0 Å². The number of nitrogens with zero attached hydrogens (tertiary/aromatic N) is 3. The molecule has 0 spiro atoms. The predicted molar refractivity (Wildman–Crippen MR) is 80.8 cm³/mol. The Kier molecular flexibility index (Phi) is 3.59. The molecule has 1 aromatic heterocycles. The Hall–Kier alpha value is -1.65. The first-order valence-corrected chi connectivity index (χ1v) is 7.19. The van der Waals surface area contributed by atoms with Crippen LogP contribution in [0.15, 0.2) is 36.7 Å². The van der Waals surface area contributed by atoms with Gasteiger partial charge in [0.1, 0.15) is 5.82 Å². The molecule has 1 aliphatic heterocycles. The van der Waals surface area contributed by atoms with Crippen molar-refractivity contribution < 1.29 is 0 Å². The summed E-state index contributed by atoms with van der Waals surface area (Å²) in [7, 11) is 2.19. The van der Waals surface area contributed by atoms with Gasteiger partial charge in [-0.05, 0) is 50.6 Å². The molecule has 1 saturated heterocycles. The minimum absolute atomic E-state index is 0.479. The highest BCUT2D eigenvalue weighted by molar-refractivity contribution is 5.38. The van der Waals surface area contributed by atoms with Crippen molar-refractivity contribution in [2.45, 2.75) is 19.4 Å². The Morgan fingerprint density at radius 3 is 2.90 bits per heavy atom. The molecule has 2 aromatic rings. The van der Waals surface area contributed by atoms with Gasteiger partial charge >= 0.3 is 0 Å². The summed E-state index contributed by atoms with van der Waals surface area (Å²) in [5, 5.41) is 0. The molecule has 2 N–H and O–H groups in total. The van der Waals surface area contributed by atoms with Gasteiger partial charge in [-0.2, -0.15) is 0 Å². The number of rotatable bonds is 3. The minimum Gasteiger partial charge on any atom is -0.330 e. The van der Waals surface area contributed by atoms with Crippen LogP contribution in [0.4, 0.5) is 0 Å². The van der Waals surface area contributed by atoms with Gasteiger partial charge in [0.05, 0.1) is 0 Å². The zero-order valence-corrected chi connectivity index (χ0v) is 12.2. The molecular weight excluding hydrogens is 248 g/mol. The van der Waals surface area contributed by atoms with Crippen molar-refractivity contribution in [1.82, 2.24) is 14.5 Å². The van der Waals surface area contributed by atoms with Crippen LogP contribution in [-0.2, 0) is 0 Å². The molecule has 0 radical (unpaired) electrons. The van der Waals surface area contributed by atoms with Crippen LogP contribution in [0, 0.1) is 12.8 Å². The summed E-state index contributed by atoms with van der Waals surface area (Å²) in [6.07, 6.45) is 5.00. The first kappa shape index (κ1) is 13.3. The Labute approximate surface area is 120 Å². The molecule has 106 valence electrons. The molecular formula is C16H22N4. The number of hydrogen-bond acceptors (Lipinski definition) is 3. The summed E-state index contributed by atoms with van der Waals surface area (Å²) >= 11 is 0. The Morgan fingerprint density at radius 2 is 2.25 bits per heavy atom. The summed E-state index contributed by atoms with van der Waals surface area (Å²) in [5.74, 6) is 1.63. The van der Waals surface area contributed by atoms with Gasteiger partial charge in [-0.1, -0.05) is 12.1 Å². The van der Waals surface area contributed by atoms with Crippen LogP contribution in [0.1, 0.15) is 23.9 Å². The fourth-order valence-corrected chi connectivity index (χ4v) is 3.20. The molecule has 0 saturated carbocycles. The maximum Gasteiger partial charge on any atom is 0.110 e. The second-order valence-corrected chi connectivity index (χ2v) is 5.73. The number of benzene rings is 1. The molecule has 3 rings (SSSR count). The maximum atomic E-state index is 5.82. The molecule has 0 aliphatic carbocycles. The van der Waals surface area contributed by atoms with Gasteiger partial charge in [-0.3, -0.25) is 4.90 Å². The van der Waals surface area contributed by atoms with Crippen LogP contribution in [0.5, 0.6) is 0 Å². The summed E-state index contributed by atoms with van der Waals surface area (Å²) in [4.78, 5) is 6.71. The second-order valence-electron chi connectivity index (χ2n) is 5.73. The minimum atomic E-state index is 0.479. The lowest BCUT2D eigenvalue weighted by atomic mass is 9.99. The van der Waals surface area contributed by atoms with E-state index in [2.05, 4.69) is 45.8 Å². The summed E-state index contributed by atoms with van der Waals surface area (Å²) < 4.78 is 2.12. The molecule has 4 nitrogen and oxygen atoms in total. The first-order chi connectivity index (χ1) is 9.69. The lowest BCUT2D eigenvalue weighted by Crippen LogP contribution is -2.20. The van der Waals surface area contributed by atoms with Crippen molar-refractivity contribution in [3.8, 4) is 5.69 Å². The van der Waals surface area contributed by atoms with Gasteiger partial charge in [0.2, 0.25) is 0 Å². The van der Waals surface area contributed by atoms with Crippen molar-refractivity contribution >= 4 is 0 Å². The van der Waals surface area contributed by atoms with E-state index in [9.17, 15) is 0 Å². The van der Waals surface area contributed by atoms with Crippen LogP contribution < -0.4 is 5.73 Å². The largest absolute Gasteiger partial charge is 0.330 e. The van der Waals surface area contributed by atoms with Gasteiger partial charge in [0.25, 0.3) is 0 Å². The number of nitrogens with two attached hydrogens (primary N) is 1. The second kappa shape index (κ2) is 5.38. The normalized spacial score (nSPS) is 23.4. The maximum absolute atomic E-state index is 5.82. The van der Waals surface area contributed by atoms with Crippen LogP contribution >= 0.6 is 0 Å². The number of aryl methyl sites for hydroxylation is 1. The third-order valence-corrected chi connectivity index (χ3v) is 4.33. The molecule has 1 aromatic carbocycles. The summed E-state index contributed by atoms with van der Waals surface area (Å²) in [6, 6.07) is 9.23. The molecule has 4 heteroatoms. The van der Waals surface area contributed by atoms with Gasteiger partial charge in [0.15, 0.2) is 0 Å². The average Bonchev–Trinajstić information content (AvgIpc) is 3.05. The molecule has 20 heavy (non-hydrogen) atoms. The van der Waals surface area contributed by atoms with Crippen molar-refractivity contribution in [2.75, 3.05) is 20.1 Å². The highest BCUT2D eigenvalue weighted by atomic mass is 15.2. The quantitative estimate of drug-likeness (QED) is 0.929. The lowest BCUT2D eigenvalue weighted by Gasteiger charge is -2.20. The van der Waals surface area contributed by atoms with E-state index in [1.807, 2.05) is 19.3 Å². The van der Waals surface area contributed by atoms with Gasteiger partial charge in [-0.15, -0.1) is 0 Å². The van der Waals surface area contributed by atoms with E-state index in [1.165, 1.54) is 11.3 Å². The average molecular weight is 270 g/mol. The van der Waals surface area contributed by atoms with Crippen LogP contribution in [0.2, 0.25) is 0 Å². The number of imidazole rings is 1. The molecule has 0 amide bonds. The zero-order chi connectivity index (χ0) is 14.1. The number of aromatic nitrogens is 2. The SMILES string of the molecule is Cc1nccn1-c1cccc(C2CC(CN)CN2C)c1. The standard InChI is InChI=1S/C16H22N4/c1-12-18-6-7-20(12)15-5-3-4-14(9-15)16-8-13(10-17)11-19(16)2/h3-7,9,13,16H,8,10-11,17H2,1-2H3. The van der Waals surface area contributed by atoms with Crippen LogP contribution in [0.25, 0.3) is 5.69 Å². The van der Waals surface area contributed by atoms with Gasteiger partial charge < -0.3 is 10.3 Å². The molecule has 2 heterocycles. The van der Waals surface area contributed by atoms with Gasteiger partial charge in [-0.25, -0.2) is 4.98 Å². The highest BCUT2D eigenvalue weighted by Crippen LogP contribution is 2.34. The van der Waals surface area contributed by atoms with E-state index in [0.717, 1.165) is 25.3 Å². The predicted octanol–water partition coefficient (Wildman–Crippen LogP) is 2.13. The van der Waals surface area contributed by atoms with E-state index in [0.29, 0.717) is 12.0 Å². The van der Waals surface area contributed by atoms with E-state index in [4.69, 9.17) is 5.73 Å². The molecule has 2 unspecified atom stereocenters. The third-order valence-electron chi connectivity index (χ3n) is 4.33. The highest BCUT2D eigenvalue weighted by Gasteiger charge is 2.29. The number of likely N-dealkylation sites (tertiary alicyclic amines) is 1. The van der Waals surface area contributed by atoms with Gasteiger partial charge in [0, 0.05) is 30.7 Å². The van der Waals surface area contributed by atoms with E-state index < -0.39 is 0 Å². The van der Waals surface area contributed by atoms with Crippen molar-refractivity contribution in [2.24, 2.45) is 11.7 Å². The molecule has 1 aliphatic rings. The van der Waals surface area contributed by atoms with Crippen LogP contribution in [0.3, 0.4) is 0 Å². The zero-order valence-electron chi connectivity index (χ0n) is 12.2. The smallest absolute Gasteiger partial charge is 0.110 e. The fourth-order valence-electron chi connectivity index (χ4n) is 3.20. The summed E-state index contributed by atoms with van der Waals surface area (Å²) in [5.41, 5.74) is 8.38. The van der Waals surface area contributed by atoms with Crippen molar-refractivity contribution in [3.63, 3.8) is 0 Å². The topological polar surface area (TPSA) is 47.1 Å². The molecule has 0 bridgehead atoms. The van der Waals surface area contributed by atoms with E-state index >= 15 is 0 Å². The van der Waals surface area contributed by atoms with E-state index in [-0.39, 0.29) is 0 Å². The monoisotopic (exact) mass is 270 g/mol. The first-order valence-electron chi connectivity index (χ1n) is 7.19. The molecule has 2 atom stereocenters. The lowest BCUT2D eigenvalue weighted by molar-refractivity contribution is 0.313. The summed E-state index contributed by atoms with van der Waals surface area (Å²) in [6.45, 7) is 3.90. The molecule has 1 fully saturated rings. The third kappa shape index (κ3) is 2.37. The number of hydrogen-bond donors (Lipinski definition) is 1. The Bertz CT molecular complexity index is 590. The fraction of sp³-hybridized carbons (Fsp3) is 0.438. The Morgan fingerprint density at radius 1 is 1.40 bits per heavy atom. The van der Waals surface area contributed by atoms with Crippen molar-refractivity contribution in [1.29, 1.82) is 0 Å². The Balaban J connectivity index is 1.90. The van der Waals surface area contributed by atoms with E-state index in [1.54, 1.807) is 0 Å².